The third-order valence-corrected chi connectivity index (χ3v) is 15.4. The van der Waals surface area contributed by atoms with Gasteiger partial charge in [0.25, 0.3) is 0 Å². The molecule has 10 rings (SSSR count). The summed E-state index contributed by atoms with van der Waals surface area (Å²) in [7, 11) is -2.01. The van der Waals surface area contributed by atoms with E-state index in [9.17, 15) is 0 Å². The van der Waals surface area contributed by atoms with Crippen LogP contribution in [0.15, 0.2) is 170 Å². The summed E-state index contributed by atoms with van der Waals surface area (Å²) in [5.41, 5.74) is 12.8. The molecular formula is C48H34N2SSi. The van der Waals surface area contributed by atoms with E-state index in [0.29, 0.717) is 0 Å². The van der Waals surface area contributed by atoms with Gasteiger partial charge in [-0.05, 0) is 73.6 Å². The zero-order valence-corrected chi connectivity index (χ0v) is 30.8. The van der Waals surface area contributed by atoms with Crippen LogP contribution in [-0.4, -0.2) is 18.0 Å². The number of fused-ring (bicyclic) bond motifs is 6. The fourth-order valence-corrected chi connectivity index (χ4v) is 12.6. The van der Waals surface area contributed by atoms with Gasteiger partial charge in [0, 0.05) is 31.3 Å². The molecule has 9 aromatic rings. The van der Waals surface area contributed by atoms with Crippen LogP contribution < -0.4 is 10.4 Å². The number of rotatable bonds is 5. The van der Waals surface area contributed by atoms with Crippen molar-refractivity contribution >= 4 is 50.0 Å². The monoisotopic (exact) mass is 698 g/mol. The molecule has 52 heavy (non-hydrogen) atoms. The highest BCUT2D eigenvalue weighted by Crippen LogP contribution is 2.41. The summed E-state index contributed by atoms with van der Waals surface area (Å²) in [6.45, 7) is 4.86. The first kappa shape index (κ1) is 30.8. The summed E-state index contributed by atoms with van der Waals surface area (Å²) < 4.78 is 2.66. The maximum atomic E-state index is 5.36. The van der Waals surface area contributed by atoms with Crippen molar-refractivity contribution in [3.05, 3.63) is 170 Å². The topological polar surface area (TPSA) is 25.8 Å². The van der Waals surface area contributed by atoms with Crippen molar-refractivity contribution in [3.8, 4) is 67.3 Å². The molecule has 2 aromatic heterocycles. The zero-order chi connectivity index (χ0) is 34.8. The second-order valence-electron chi connectivity index (χ2n) is 14.2. The van der Waals surface area contributed by atoms with E-state index in [4.69, 9.17) is 9.97 Å². The Morgan fingerprint density at radius 3 is 1.71 bits per heavy atom. The van der Waals surface area contributed by atoms with E-state index in [1.807, 2.05) is 11.3 Å². The minimum absolute atomic E-state index is 0.764. The first-order valence-corrected chi connectivity index (χ1v) is 21.6. The predicted octanol–water partition coefficient (Wildman–Crippen LogP) is 12.0. The average molecular weight is 699 g/mol. The highest BCUT2D eigenvalue weighted by atomic mass is 32.1. The van der Waals surface area contributed by atoms with Crippen molar-refractivity contribution in [2.24, 2.45) is 0 Å². The smallest absolute Gasteiger partial charge is 0.160 e. The van der Waals surface area contributed by atoms with Crippen LogP contribution in [0.25, 0.3) is 87.5 Å². The molecule has 0 aliphatic carbocycles. The molecule has 0 radical (unpaired) electrons. The molecule has 0 spiro atoms. The normalized spacial score (nSPS) is 13.0. The molecule has 7 aromatic carbocycles. The van der Waals surface area contributed by atoms with Gasteiger partial charge in [-0.15, -0.1) is 11.3 Å². The van der Waals surface area contributed by atoms with Gasteiger partial charge in [0.2, 0.25) is 0 Å². The highest BCUT2D eigenvalue weighted by Gasteiger charge is 2.41. The maximum Gasteiger partial charge on any atom is 0.160 e. The lowest BCUT2D eigenvalue weighted by atomic mass is 9.95. The van der Waals surface area contributed by atoms with E-state index in [1.54, 1.807) is 0 Å². The van der Waals surface area contributed by atoms with E-state index in [0.717, 1.165) is 33.9 Å². The third kappa shape index (κ3) is 4.98. The number of thiophene rings is 1. The fourth-order valence-electron chi connectivity index (χ4n) is 8.11. The van der Waals surface area contributed by atoms with Crippen LogP contribution in [0.2, 0.25) is 13.1 Å². The molecule has 1 aliphatic rings. The van der Waals surface area contributed by atoms with E-state index in [2.05, 4.69) is 183 Å². The van der Waals surface area contributed by atoms with E-state index in [1.165, 1.54) is 63.9 Å². The molecule has 0 bridgehead atoms. The molecule has 0 amide bonds. The van der Waals surface area contributed by atoms with Gasteiger partial charge in [-0.2, -0.15) is 0 Å². The molecule has 0 atom stereocenters. The summed E-state index contributed by atoms with van der Waals surface area (Å²) in [5.74, 6) is 0.764. The van der Waals surface area contributed by atoms with Gasteiger partial charge < -0.3 is 0 Å². The molecule has 0 saturated carbocycles. The predicted molar refractivity (Wildman–Crippen MR) is 224 cm³/mol. The zero-order valence-electron chi connectivity index (χ0n) is 29.0. The van der Waals surface area contributed by atoms with Gasteiger partial charge in [-0.1, -0.05) is 159 Å². The summed E-state index contributed by atoms with van der Waals surface area (Å²) in [6, 6.07) is 61.5. The van der Waals surface area contributed by atoms with Crippen molar-refractivity contribution < 1.29 is 0 Å². The number of benzene rings is 7. The van der Waals surface area contributed by atoms with Gasteiger partial charge >= 0.3 is 0 Å². The summed E-state index contributed by atoms with van der Waals surface area (Å²) in [4.78, 5) is 10.7. The molecule has 0 N–H and O–H groups in total. The highest BCUT2D eigenvalue weighted by molar-refractivity contribution is 7.26. The molecule has 0 unspecified atom stereocenters. The van der Waals surface area contributed by atoms with Crippen LogP contribution in [0, 0.1) is 0 Å². The molecule has 0 saturated heterocycles. The van der Waals surface area contributed by atoms with Gasteiger partial charge in [0.1, 0.15) is 8.07 Å². The first-order chi connectivity index (χ1) is 25.5. The maximum absolute atomic E-state index is 5.36. The molecule has 3 heterocycles. The number of nitrogens with zero attached hydrogens (tertiary/aromatic N) is 2. The molecule has 246 valence electrons. The second-order valence-corrected chi connectivity index (χ2v) is 19.5. The lowest BCUT2D eigenvalue weighted by Gasteiger charge is -2.21. The molecule has 1 aliphatic heterocycles. The van der Waals surface area contributed by atoms with Crippen LogP contribution >= 0.6 is 11.3 Å². The lowest BCUT2D eigenvalue weighted by Crippen LogP contribution is -2.50. The van der Waals surface area contributed by atoms with Crippen molar-refractivity contribution in [1.82, 2.24) is 9.97 Å². The molecular weight excluding hydrogens is 665 g/mol. The fraction of sp³-hybridized carbons (Fsp3) is 0.0417. The second kappa shape index (κ2) is 12.1. The van der Waals surface area contributed by atoms with Gasteiger partial charge in [0.15, 0.2) is 5.82 Å². The number of aromatic nitrogens is 2. The Morgan fingerprint density at radius 2 is 0.942 bits per heavy atom. The van der Waals surface area contributed by atoms with Crippen LogP contribution in [0.3, 0.4) is 0 Å². The van der Waals surface area contributed by atoms with Crippen LogP contribution in [0.5, 0.6) is 0 Å². The average Bonchev–Trinajstić information content (AvgIpc) is 3.70. The van der Waals surface area contributed by atoms with Gasteiger partial charge in [0.05, 0.1) is 11.4 Å². The SMILES string of the molecule is C[Si]1(C)c2ccccc2-c2nc(-c3cccc(-c4cccc(-c5cccc(-c6cccc7c6sc6ccccc67)c5)c4)c3)nc(-c3ccccc3)c21. The van der Waals surface area contributed by atoms with Crippen molar-refractivity contribution in [3.63, 3.8) is 0 Å². The Morgan fingerprint density at radius 1 is 0.423 bits per heavy atom. The standard InChI is InChI=1S/C48H34N2SSi/c1-52(2)43-27-9-7-23-41(43)45-47(52)44(31-14-4-3-5-15-31)49-48(50-45)37-21-12-19-35(30-37)33-17-10-16-32(28-33)34-18-11-20-36(29-34)38-24-13-25-40-39-22-6-8-26-42(39)51-46(38)40/h3-30H,1-2H3. The van der Waals surface area contributed by atoms with Crippen molar-refractivity contribution in [2.45, 2.75) is 13.1 Å². The lowest BCUT2D eigenvalue weighted by molar-refractivity contribution is 1.20. The van der Waals surface area contributed by atoms with Crippen molar-refractivity contribution in [1.29, 1.82) is 0 Å². The van der Waals surface area contributed by atoms with Gasteiger partial charge in [-0.3, -0.25) is 0 Å². The van der Waals surface area contributed by atoms with Crippen molar-refractivity contribution in [2.75, 3.05) is 0 Å². The van der Waals surface area contributed by atoms with Crippen LogP contribution in [0.4, 0.5) is 0 Å². The van der Waals surface area contributed by atoms with Gasteiger partial charge in [-0.25, -0.2) is 9.97 Å². The Labute approximate surface area is 308 Å². The van der Waals surface area contributed by atoms with E-state index in [-0.39, 0.29) is 0 Å². The number of hydrogen-bond acceptors (Lipinski definition) is 3. The minimum Gasteiger partial charge on any atom is -0.228 e. The molecule has 4 heteroatoms. The largest absolute Gasteiger partial charge is 0.228 e. The Balaban J connectivity index is 1.05. The third-order valence-electron chi connectivity index (χ3n) is 10.7. The molecule has 2 nitrogen and oxygen atoms in total. The number of hydrogen-bond donors (Lipinski definition) is 0. The van der Waals surface area contributed by atoms with Crippen LogP contribution in [-0.2, 0) is 0 Å². The Bertz CT molecular complexity index is 2830. The summed E-state index contributed by atoms with van der Waals surface area (Å²) in [6.07, 6.45) is 0. The van der Waals surface area contributed by atoms with E-state index < -0.39 is 8.07 Å². The Kier molecular flexibility index (Phi) is 7.17. The molecule has 0 fully saturated rings. The Hall–Kier alpha value is -5.94. The van der Waals surface area contributed by atoms with Crippen LogP contribution in [0.1, 0.15) is 0 Å². The first-order valence-electron chi connectivity index (χ1n) is 17.8. The van der Waals surface area contributed by atoms with E-state index >= 15 is 0 Å². The summed E-state index contributed by atoms with van der Waals surface area (Å²) >= 11 is 1.88. The summed E-state index contributed by atoms with van der Waals surface area (Å²) in [5, 5.41) is 5.42. The minimum atomic E-state index is -2.01. The quantitative estimate of drug-likeness (QED) is 0.167.